The summed E-state index contributed by atoms with van der Waals surface area (Å²) in [6.07, 6.45) is 11.6. The fourth-order valence-corrected chi connectivity index (χ4v) is 3.86. The van der Waals surface area contributed by atoms with Gasteiger partial charge < -0.3 is 5.11 Å². The Balaban J connectivity index is 1.69. The number of aromatic nitrogens is 1. The van der Waals surface area contributed by atoms with Crippen LogP contribution in [0.1, 0.15) is 44.1 Å². The Kier molecular flexibility index (Phi) is 3.46. The van der Waals surface area contributed by atoms with Gasteiger partial charge >= 0.3 is 0 Å². The maximum absolute atomic E-state index is 10.8. The average Bonchev–Trinajstić information content (AvgIpc) is 3.12. The number of aliphatic hydroxyl groups is 1. The normalized spacial score (nSPS) is 32.4. The molecule has 0 bridgehead atoms. The number of hydrogen-bond acceptors (Lipinski definition) is 2. The molecule has 2 nitrogen and oxygen atoms in total. The van der Waals surface area contributed by atoms with Crippen molar-refractivity contribution in [2.75, 3.05) is 0 Å². The van der Waals surface area contributed by atoms with Crippen molar-refractivity contribution in [1.29, 1.82) is 0 Å². The largest absolute Gasteiger partial charge is 0.390 e. The minimum Gasteiger partial charge on any atom is -0.390 e. The summed E-state index contributed by atoms with van der Waals surface area (Å²) in [6.45, 7) is 0. The molecule has 0 saturated heterocycles. The lowest BCUT2D eigenvalue weighted by atomic mass is 9.73. The fourth-order valence-electron chi connectivity index (χ4n) is 3.45. The van der Waals surface area contributed by atoms with Crippen LogP contribution >= 0.6 is 15.9 Å². The molecule has 0 aromatic carbocycles. The minimum atomic E-state index is -0.492. The van der Waals surface area contributed by atoms with Crippen molar-refractivity contribution in [3.8, 4) is 0 Å². The van der Waals surface area contributed by atoms with E-state index in [0.717, 1.165) is 41.1 Å². The standard InChI is InChI=1S/C15H20BrNO/c16-14-6-11(9-17-10-14)7-15(18)5-1-2-13(8-15)12-3-4-12/h6,9-10,12-13,18H,1-5,7-8H2. The monoisotopic (exact) mass is 309 g/mol. The fraction of sp³-hybridized carbons (Fsp3) is 0.667. The Morgan fingerprint density at radius 1 is 1.28 bits per heavy atom. The summed E-state index contributed by atoms with van der Waals surface area (Å²) in [4.78, 5) is 4.19. The number of nitrogens with zero attached hydrogens (tertiary/aromatic N) is 1. The average molecular weight is 310 g/mol. The Morgan fingerprint density at radius 3 is 2.83 bits per heavy atom. The zero-order valence-electron chi connectivity index (χ0n) is 10.6. The number of rotatable bonds is 3. The second kappa shape index (κ2) is 4.93. The first-order chi connectivity index (χ1) is 8.65. The molecule has 98 valence electrons. The van der Waals surface area contributed by atoms with E-state index in [1.165, 1.54) is 25.7 Å². The van der Waals surface area contributed by atoms with Gasteiger partial charge in [-0.05, 0) is 71.5 Å². The molecule has 0 spiro atoms. The molecule has 2 aliphatic carbocycles. The van der Waals surface area contributed by atoms with E-state index in [1.54, 1.807) is 6.20 Å². The highest BCUT2D eigenvalue weighted by molar-refractivity contribution is 9.10. The Bertz CT molecular complexity index is 432. The first-order valence-corrected chi connectivity index (χ1v) is 7.76. The lowest BCUT2D eigenvalue weighted by Gasteiger charge is -2.37. The van der Waals surface area contributed by atoms with Crippen molar-refractivity contribution >= 4 is 15.9 Å². The van der Waals surface area contributed by atoms with Crippen LogP contribution in [0.2, 0.25) is 0 Å². The molecule has 0 amide bonds. The van der Waals surface area contributed by atoms with Gasteiger partial charge in [0.05, 0.1) is 5.60 Å². The van der Waals surface area contributed by atoms with Crippen LogP contribution < -0.4 is 0 Å². The van der Waals surface area contributed by atoms with E-state index < -0.39 is 5.60 Å². The Hall–Kier alpha value is -0.410. The van der Waals surface area contributed by atoms with Crippen LogP contribution in [-0.4, -0.2) is 15.7 Å². The zero-order chi connectivity index (χ0) is 12.6. The van der Waals surface area contributed by atoms with Crippen LogP contribution in [0.15, 0.2) is 22.9 Å². The van der Waals surface area contributed by atoms with Gasteiger partial charge in [-0.2, -0.15) is 0 Å². The third kappa shape index (κ3) is 2.94. The van der Waals surface area contributed by atoms with Gasteiger partial charge in [0, 0.05) is 23.3 Å². The molecule has 1 aromatic heterocycles. The van der Waals surface area contributed by atoms with Gasteiger partial charge in [0.2, 0.25) is 0 Å². The van der Waals surface area contributed by atoms with E-state index in [9.17, 15) is 5.11 Å². The van der Waals surface area contributed by atoms with Crippen LogP contribution in [-0.2, 0) is 6.42 Å². The molecule has 2 aliphatic rings. The molecule has 0 radical (unpaired) electrons. The molecule has 3 heteroatoms. The van der Waals surface area contributed by atoms with Crippen molar-refractivity contribution < 1.29 is 5.11 Å². The first kappa shape index (κ1) is 12.6. The van der Waals surface area contributed by atoms with E-state index in [4.69, 9.17) is 0 Å². The molecule has 2 atom stereocenters. The molecule has 18 heavy (non-hydrogen) atoms. The van der Waals surface area contributed by atoms with Gasteiger partial charge in [-0.3, -0.25) is 4.98 Å². The second-order valence-corrected chi connectivity index (χ2v) is 7.02. The first-order valence-electron chi connectivity index (χ1n) is 6.96. The van der Waals surface area contributed by atoms with Gasteiger partial charge in [-0.15, -0.1) is 0 Å². The minimum absolute atomic E-state index is 0.492. The van der Waals surface area contributed by atoms with Crippen molar-refractivity contribution in [2.24, 2.45) is 11.8 Å². The molecule has 2 saturated carbocycles. The van der Waals surface area contributed by atoms with Gasteiger partial charge in [0.15, 0.2) is 0 Å². The summed E-state index contributed by atoms with van der Waals surface area (Å²) in [5.74, 6) is 1.68. The topological polar surface area (TPSA) is 33.1 Å². The van der Waals surface area contributed by atoms with Crippen molar-refractivity contribution in [1.82, 2.24) is 4.98 Å². The highest BCUT2D eigenvalue weighted by Crippen LogP contribution is 2.47. The SMILES string of the molecule is OC1(Cc2cncc(Br)c2)CCCC(C2CC2)C1. The van der Waals surface area contributed by atoms with Gasteiger partial charge in [0.25, 0.3) is 0 Å². The lowest BCUT2D eigenvalue weighted by molar-refractivity contribution is -0.0196. The van der Waals surface area contributed by atoms with E-state index in [1.807, 2.05) is 6.20 Å². The summed E-state index contributed by atoms with van der Waals surface area (Å²) in [5, 5.41) is 10.8. The Morgan fingerprint density at radius 2 is 2.11 bits per heavy atom. The maximum atomic E-state index is 10.8. The van der Waals surface area contributed by atoms with E-state index in [0.29, 0.717) is 0 Å². The van der Waals surface area contributed by atoms with Crippen LogP contribution in [0, 0.1) is 11.8 Å². The molecule has 2 fully saturated rings. The predicted molar refractivity (Wildman–Crippen MR) is 75.3 cm³/mol. The van der Waals surface area contributed by atoms with Crippen LogP contribution in [0.25, 0.3) is 0 Å². The second-order valence-electron chi connectivity index (χ2n) is 6.11. The van der Waals surface area contributed by atoms with Crippen LogP contribution in [0.3, 0.4) is 0 Å². The molecule has 1 N–H and O–H groups in total. The predicted octanol–water partition coefficient (Wildman–Crippen LogP) is 3.72. The van der Waals surface area contributed by atoms with Gasteiger partial charge in [0.1, 0.15) is 0 Å². The van der Waals surface area contributed by atoms with Gasteiger partial charge in [-0.1, -0.05) is 6.42 Å². The third-order valence-corrected chi connectivity index (χ3v) is 4.88. The highest BCUT2D eigenvalue weighted by atomic mass is 79.9. The summed E-state index contributed by atoms with van der Waals surface area (Å²) >= 11 is 3.45. The van der Waals surface area contributed by atoms with Crippen molar-refractivity contribution in [3.63, 3.8) is 0 Å². The quantitative estimate of drug-likeness (QED) is 0.923. The van der Waals surface area contributed by atoms with Gasteiger partial charge in [-0.25, -0.2) is 0 Å². The highest BCUT2D eigenvalue weighted by Gasteiger charge is 2.40. The number of halogens is 1. The van der Waals surface area contributed by atoms with E-state index >= 15 is 0 Å². The summed E-state index contributed by atoms with van der Waals surface area (Å²) in [5.41, 5.74) is 0.650. The Labute approximate surface area is 117 Å². The molecule has 2 unspecified atom stereocenters. The molecular weight excluding hydrogens is 290 g/mol. The molecule has 1 aromatic rings. The number of hydrogen-bond donors (Lipinski definition) is 1. The molecule has 0 aliphatic heterocycles. The van der Waals surface area contributed by atoms with E-state index in [2.05, 4.69) is 27.0 Å². The summed E-state index contributed by atoms with van der Waals surface area (Å²) in [7, 11) is 0. The summed E-state index contributed by atoms with van der Waals surface area (Å²) in [6, 6.07) is 2.08. The summed E-state index contributed by atoms with van der Waals surface area (Å²) < 4.78 is 0.998. The molecular formula is C15H20BrNO. The lowest BCUT2D eigenvalue weighted by Crippen LogP contribution is -2.38. The molecule has 1 heterocycles. The van der Waals surface area contributed by atoms with E-state index in [-0.39, 0.29) is 0 Å². The van der Waals surface area contributed by atoms with Crippen molar-refractivity contribution in [3.05, 3.63) is 28.5 Å². The van der Waals surface area contributed by atoms with Crippen LogP contribution in [0.4, 0.5) is 0 Å². The number of pyridine rings is 1. The maximum Gasteiger partial charge on any atom is 0.0691 e. The molecule has 3 rings (SSSR count). The van der Waals surface area contributed by atoms with Crippen LogP contribution in [0.5, 0.6) is 0 Å². The zero-order valence-corrected chi connectivity index (χ0v) is 12.2. The third-order valence-electron chi connectivity index (χ3n) is 4.44. The smallest absolute Gasteiger partial charge is 0.0691 e. The van der Waals surface area contributed by atoms with Crippen molar-refractivity contribution in [2.45, 2.75) is 50.5 Å².